The van der Waals surface area contributed by atoms with Crippen molar-refractivity contribution in [2.24, 2.45) is 0 Å². The van der Waals surface area contributed by atoms with E-state index in [0.717, 1.165) is 0 Å². The summed E-state index contributed by atoms with van der Waals surface area (Å²) >= 11 is 3.72. The van der Waals surface area contributed by atoms with Crippen molar-refractivity contribution in [3.8, 4) is 9.75 Å². The van der Waals surface area contributed by atoms with Gasteiger partial charge in [-0.25, -0.2) is 0 Å². The third-order valence-electron chi connectivity index (χ3n) is 2.11. The molecule has 0 aliphatic carbocycles. The van der Waals surface area contributed by atoms with Crippen molar-refractivity contribution in [1.29, 1.82) is 0 Å². The zero-order valence-electron chi connectivity index (χ0n) is 10.7. The van der Waals surface area contributed by atoms with Crippen molar-refractivity contribution in [2.75, 3.05) is 0 Å². The molecule has 0 aliphatic rings. The van der Waals surface area contributed by atoms with Gasteiger partial charge in [0.2, 0.25) is 0 Å². The van der Waals surface area contributed by atoms with Crippen molar-refractivity contribution < 1.29 is 0 Å². The maximum atomic E-state index is 2.26. The Morgan fingerprint density at radius 3 is 2.06 bits per heavy atom. The fourth-order valence-electron chi connectivity index (χ4n) is 1.29. The van der Waals surface area contributed by atoms with Crippen LogP contribution in [0.25, 0.3) is 9.75 Å². The first-order valence-corrected chi connectivity index (χ1v) is 7.41. The highest BCUT2D eigenvalue weighted by atomic mass is 32.1. The molecular weight excluding hydrogens is 232 g/mol. The van der Waals surface area contributed by atoms with Gasteiger partial charge in [-0.3, -0.25) is 0 Å². The van der Waals surface area contributed by atoms with E-state index < -0.39 is 0 Å². The molecule has 0 saturated carbocycles. The van der Waals surface area contributed by atoms with E-state index in [1.165, 1.54) is 14.6 Å². The van der Waals surface area contributed by atoms with Gasteiger partial charge in [-0.1, -0.05) is 40.7 Å². The Bertz CT molecular complexity index is 402. The highest BCUT2D eigenvalue weighted by Gasteiger charge is 2.16. The van der Waals surface area contributed by atoms with Gasteiger partial charge in [0.25, 0.3) is 0 Å². The topological polar surface area (TPSA) is 0 Å². The Morgan fingerprint density at radius 2 is 1.62 bits per heavy atom. The SMILES string of the molecule is CC.CC(C)(C)c1ccc(-c2cccs2)s1. The van der Waals surface area contributed by atoms with Crippen LogP contribution in [0, 0.1) is 0 Å². The van der Waals surface area contributed by atoms with Gasteiger partial charge < -0.3 is 0 Å². The standard InChI is InChI=1S/C12H14S2.C2H6/c1-12(2,3)11-7-6-10(14-11)9-5-4-8-13-9;1-2/h4-8H,1-3H3;1-2H3. The fraction of sp³-hybridized carbons (Fsp3) is 0.429. The van der Waals surface area contributed by atoms with Crippen LogP contribution in [0.4, 0.5) is 0 Å². The quantitative estimate of drug-likeness (QED) is 0.601. The van der Waals surface area contributed by atoms with E-state index in [1.807, 2.05) is 36.5 Å². The van der Waals surface area contributed by atoms with Crippen LogP contribution in [0.15, 0.2) is 29.6 Å². The van der Waals surface area contributed by atoms with E-state index >= 15 is 0 Å². The van der Waals surface area contributed by atoms with Crippen molar-refractivity contribution in [3.05, 3.63) is 34.5 Å². The highest BCUT2D eigenvalue weighted by Crippen LogP contribution is 2.36. The summed E-state index contributed by atoms with van der Waals surface area (Å²) in [5.41, 5.74) is 0.278. The minimum Gasteiger partial charge on any atom is -0.143 e. The van der Waals surface area contributed by atoms with Crippen molar-refractivity contribution >= 4 is 22.7 Å². The summed E-state index contributed by atoms with van der Waals surface area (Å²) in [6, 6.07) is 8.77. The first-order chi connectivity index (χ1) is 7.57. The Kier molecular flexibility index (Phi) is 4.75. The number of hydrogen-bond acceptors (Lipinski definition) is 2. The minimum atomic E-state index is 0.278. The van der Waals surface area contributed by atoms with Crippen LogP contribution in [-0.2, 0) is 5.41 Å². The molecule has 2 heterocycles. The van der Waals surface area contributed by atoms with Gasteiger partial charge in [-0.05, 0) is 29.0 Å². The van der Waals surface area contributed by atoms with Gasteiger partial charge in [-0.2, -0.15) is 0 Å². The van der Waals surface area contributed by atoms with Crippen molar-refractivity contribution in [2.45, 2.75) is 40.0 Å². The molecule has 0 nitrogen and oxygen atoms in total. The largest absolute Gasteiger partial charge is 0.143 e. The number of hydrogen-bond donors (Lipinski definition) is 0. The van der Waals surface area contributed by atoms with Crippen LogP contribution in [0.5, 0.6) is 0 Å². The van der Waals surface area contributed by atoms with Crippen molar-refractivity contribution in [3.63, 3.8) is 0 Å². The molecule has 88 valence electrons. The van der Waals surface area contributed by atoms with Crippen LogP contribution >= 0.6 is 22.7 Å². The lowest BCUT2D eigenvalue weighted by Crippen LogP contribution is -2.07. The summed E-state index contributed by atoms with van der Waals surface area (Å²) < 4.78 is 0. The molecule has 2 aromatic heterocycles. The predicted molar refractivity (Wildman–Crippen MR) is 77.7 cm³/mol. The smallest absolute Gasteiger partial charge is 0.0445 e. The summed E-state index contributed by atoms with van der Waals surface area (Å²) in [7, 11) is 0. The van der Waals surface area contributed by atoms with E-state index in [0.29, 0.717) is 0 Å². The van der Waals surface area contributed by atoms with E-state index in [9.17, 15) is 0 Å². The second-order valence-corrected chi connectivity index (χ2v) is 6.42. The molecule has 2 rings (SSSR count). The van der Waals surface area contributed by atoms with Gasteiger partial charge >= 0.3 is 0 Å². The van der Waals surface area contributed by atoms with E-state index in [2.05, 4.69) is 50.4 Å². The Balaban J connectivity index is 0.000000606. The van der Waals surface area contributed by atoms with E-state index in [-0.39, 0.29) is 5.41 Å². The van der Waals surface area contributed by atoms with Crippen LogP contribution in [0.2, 0.25) is 0 Å². The lowest BCUT2D eigenvalue weighted by Gasteiger charge is -2.15. The molecule has 0 amide bonds. The Hall–Kier alpha value is -0.600. The molecule has 0 atom stereocenters. The third-order valence-corrected chi connectivity index (χ3v) is 4.69. The van der Waals surface area contributed by atoms with Crippen LogP contribution in [0.3, 0.4) is 0 Å². The molecule has 0 saturated heterocycles. The average Bonchev–Trinajstić information content (AvgIpc) is 2.90. The molecule has 0 radical (unpaired) electrons. The zero-order chi connectivity index (χ0) is 12.2. The van der Waals surface area contributed by atoms with E-state index in [1.54, 1.807) is 0 Å². The highest BCUT2D eigenvalue weighted by molar-refractivity contribution is 7.21. The Morgan fingerprint density at radius 1 is 0.938 bits per heavy atom. The predicted octanol–water partition coefficient (Wildman–Crippen LogP) is 5.80. The van der Waals surface area contributed by atoms with Gasteiger partial charge in [0.15, 0.2) is 0 Å². The molecule has 0 bridgehead atoms. The maximum Gasteiger partial charge on any atom is 0.0445 e. The second-order valence-electron chi connectivity index (χ2n) is 4.39. The maximum absolute atomic E-state index is 2.26. The lowest BCUT2D eigenvalue weighted by atomic mass is 9.95. The molecule has 0 aromatic carbocycles. The zero-order valence-corrected chi connectivity index (χ0v) is 12.3. The Labute approximate surface area is 107 Å². The first kappa shape index (κ1) is 13.5. The summed E-state index contributed by atoms with van der Waals surface area (Å²) in [5, 5.41) is 2.13. The van der Waals surface area contributed by atoms with Crippen LogP contribution in [0.1, 0.15) is 39.5 Å². The van der Waals surface area contributed by atoms with Crippen LogP contribution < -0.4 is 0 Å². The van der Waals surface area contributed by atoms with Gasteiger partial charge in [0.05, 0.1) is 0 Å². The van der Waals surface area contributed by atoms with Gasteiger partial charge in [0, 0.05) is 14.6 Å². The molecule has 0 fully saturated rings. The van der Waals surface area contributed by atoms with Crippen molar-refractivity contribution in [1.82, 2.24) is 0 Å². The fourth-order valence-corrected chi connectivity index (χ4v) is 3.19. The summed E-state index contributed by atoms with van der Waals surface area (Å²) in [4.78, 5) is 4.23. The van der Waals surface area contributed by atoms with Gasteiger partial charge in [-0.15, -0.1) is 22.7 Å². The molecule has 0 N–H and O–H groups in total. The number of rotatable bonds is 1. The molecule has 2 aromatic rings. The summed E-state index contributed by atoms with van der Waals surface area (Å²) in [5.74, 6) is 0. The van der Waals surface area contributed by atoms with E-state index in [4.69, 9.17) is 0 Å². The number of thiophene rings is 2. The summed E-state index contributed by atoms with van der Waals surface area (Å²) in [6.45, 7) is 10.8. The monoisotopic (exact) mass is 252 g/mol. The molecule has 0 aliphatic heterocycles. The molecule has 2 heteroatoms. The van der Waals surface area contributed by atoms with Crippen LogP contribution in [-0.4, -0.2) is 0 Å². The third kappa shape index (κ3) is 3.19. The average molecular weight is 252 g/mol. The molecular formula is C14H20S2. The minimum absolute atomic E-state index is 0.278. The molecule has 0 spiro atoms. The first-order valence-electron chi connectivity index (χ1n) is 5.71. The normalized spacial score (nSPS) is 10.8. The molecule has 16 heavy (non-hydrogen) atoms. The molecule has 0 unspecified atom stereocenters. The lowest BCUT2D eigenvalue weighted by molar-refractivity contribution is 0.604. The van der Waals surface area contributed by atoms with Gasteiger partial charge in [0.1, 0.15) is 0 Å². The summed E-state index contributed by atoms with van der Waals surface area (Å²) in [6.07, 6.45) is 0. The second kappa shape index (κ2) is 5.65.